The van der Waals surface area contributed by atoms with E-state index >= 15 is 0 Å². The zero-order valence-corrected chi connectivity index (χ0v) is 11.6. The van der Waals surface area contributed by atoms with Crippen LogP contribution in [0.5, 0.6) is 0 Å². The molecule has 102 valence electrons. The lowest BCUT2D eigenvalue weighted by molar-refractivity contribution is -0.152. The summed E-state index contributed by atoms with van der Waals surface area (Å²) in [7, 11) is 0. The number of carboxylic acids is 1. The Bertz CT molecular complexity index is 462. The molecule has 0 saturated carbocycles. The smallest absolute Gasteiger partial charge is 0.312 e. The number of hydrogen-bond donors (Lipinski definition) is 1. The summed E-state index contributed by atoms with van der Waals surface area (Å²) in [6.45, 7) is 0. The summed E-state index contributed by atoms with van der Waals surface area (Å²) in [5.41, 5.74) is -0.634. The summed E-state index contributed by atoms with van der Waals surface area (Å²) in [5.74, 6) is 0.163. The minimum atomic E-state index is -0.673. The fraction of sp³-hybridized carbons (Fsp3) is 0.533. The van der Waals surface area contributed by atoms with Crippen LogP contribution in [0.3, 0.4) is 0 Å². The van der Waals surface area contributed by atoms with E-state index in [-0.39, 0.29) is 12.2 Å². The van der Waals surface area contributed by atoms with Crippen molar-refractivity contribution in [1.82, 2.24) is 0 Å². The van der Waals surface area contributed by atoms with Gasteiger partial charge in [-0.3, -0.25) is 4.79 Å². The average Bonchev–Trinajstić information content (AvgIpc) is 3.01. The Morgan fingerprint density at radius 2 is 2.16 bits per heavy atom. The summed E-state index contributed by atoms with van der Waals surface area (Å²) < 4.78 is 5.76. The molecule has 2 aliphatic heterocycles. The second-order valence-electron chi connectivity index (χ2n) is 5.40. The summed E-state index contributed by atoms with van der Waals surface area (Å²) in [6, 6.07) is 10.1. The Labute approximate surface area is 117 Å². The first-order valence-corrected chi connectivity index (χ1v) is 7.76. The van der Waals surface area contributed by atoms with Crippen LogP contribution in [-0.2, 0) is 9.53 Å². The lowest BCUT2D eigenvalue weighted by Crippen LogP contribution is -2.40. The van der Waals surface area contributed by atoms with E-state index in [1.54, 1.807) is 11.8 Å². The Kier molecular flexibility index (Phi) is 3.54. The standard InChI is InChI=1S/C15H18O3S/c16-14(17)15(10-11-6-7-13(15)18-11)8-9-19-12-4-2-1-3-5-12/h1-5,11,13H,6-10H2,(H,16,17). The molecular weight excluding hydrogens is 260 g/mol. The third-order valence-corrected chi connectivity index (χ3v) is 5.32. The number of benzene rings is 1. The molecule has 2 bridgehead atoms. The molecule has 2 heterocycles. The number of aliphatic carboxylic acids is 1. The zero-order valence-electron chi connectivity index (χ0n) is 10.7. The van der Waals surface area contributed by atoms with Crippen molar-refractivity contribution < 1.29 is 14.6 Å². The largest absolute Gasteiger partial charge is 0.481 e. The van der Waals surface area contributed by atoms with Gasteiger partial charge in [0.15, 0.2) is 0 Å². The van der Waals surface area contributed by atoms with Crippen molar-refractivity contribution in [3.63, 3.8) is 0 Å². The van der Waals surface area contributed by atoms with Crippen LogP contribution in [0.2, 0.25) is 0 Å². The molecule has 3 unspecified atom stereocenters. The molecule has 3 nitrogen and oxygen atoms in total. The fourth-order valence-electron chi connectivity index (χ4n) is 3.26. The van der Waals surface area contributed by atoms with Crippen LogP contribution in [0.15, 0.2) is 35.2 Å². The van der Waals surface area contributed by atoms with Gasteiger partial charge in [-0.15, -0.1) is 11.8 Å². The lowest BCUT2D eigenvalue weighted by atomic mass is 9.72. The van der Waals surface area contributed by atoms with E-state index in [2.05, 4.69) is 12.1 Å². The second-order valence-corrected chi connectivity index (χ2v) is 6.57. The van der Waals surface area contributed by atoms with Crippen LogP contribution < -0.4 is 0 Å². The number of rotatable bonds is 5. The van der Waals surface area contributed by atoms with Crippen LogP contribution in [-0.4, -0.2) is 29.0 Å². The molecule has 19 heavy (non-hydrogen) atoms. The van der Waals surface area contributed by atoms with E-state index in [0.29, 0.717) is 12.8 Å². The van der Waals surface area contributed by atoms with Gasteiger partial charge in [0.1, 0.15) is 0 Å². The highest BCUT2D eigenvalue weighted by atomic mass is 32.2. The molecule has 2 fully saturated rings. The van der Waals surface area contributed by atoms with Crippen molar-refractivity contribution in [2.24, 2.45) is 5.41 Å². The molecule has 0 aromatic heterocycles. The van der Waals surface area contributed by atoms with E-state index in [0.717, 1.165) is 18.6 Å². The van der Waals surface area contributed by atoms with Gasteiger partial charge < -0.3 is 9.84 Å². The average molecular weight is 278 g/mol. The van der Waals surface area contributed by atoms with Gasteiger partial charge in [0, 0.05) is 4.90 Å². The van der Waals surface area contributed by atoms with E-state index in [1.807, 2.05) is 18.2 Å². The molecule has 0 aliphatic carbocycles. The number of thioether (sulfide) groups is 1. The SMILES string of the molecule is O=C(O)C1(CCSc2ccccc2)CC2CCC1O2. The van der Waals surface area contributed by atoms with Crippen LogP contribution in [0.25, 0.3) is 0 Å². The summed E-state index contributed by atoms with van der Waals surface area (Å²) in [6.07, 6.45) is 3.46. The van der Waals surface area contributed by atoms with E-state index < -0.39 is 11.4 Å². The van der Waals surface area contributed by atoms with Crippen LogP contribution in [0, 0.1) is 5.41 Å². The van der Waals surface area contributed by atoms with Gasteiger partial charge in [-0.05, 0) is 43.6 Å². The Hall–Kier alpha value is -1.00. The first kappa shape index (κ1) is 13.0. The van der Waals surface area contributed by atoms with Crippen molar-refractivity contribution in [2.75, 3.05) is 5.75 Å². The number of ether oxygens (including phenoxy) is 1. The first-order chi connectivity index (χ1) is 9.21. The molecule has 2 aliphatic rings. The zero-order chi connectivity index (χ0) is 13.3. The van der Waals surface area contributed by atoms with Gasteiger partial charge in [-0.1, -0.05) is 18.2 Å². The molecule has 0 radical (unpaired) electrons. The van der Waals surface area contributed by atoms with Gasteiger partial charge >= 0.3 is 5.97 Å². The van der Waals surface area contributed by atoms with Crippen molar-refractivity contribution in [3.8, 4) is 0 Å². The molecular formula is C15H18O3S. The molecule has 0 amide bonds. The van der Waals surface area contributed by atoms with Gasteiger partial charge in [0.2, 0.25) is 0 Å². The maximum absolute atomic E-state index is 11.7. The number of hydrogen-bond acceptors (Lipinski definition) is 3. The van der Waals surface area contributed by atoms with Crippen LogP contribution >= 0.6 is 11.8 Å². The fourth-order valence-corrected chi connectivity index (χ4v) is 4.31. The highest BCUT2D eigenvalue weighted by Crippen LogP contribution is 2.50. The minimum Gasteiger partial charge on any atom is -0.481 e. The van der Waals surface area contributed by atoms with E-state index in [9.17, 15) is 9.90 Å². The minimum absolute atomic E-state index is 0.0635. The van der Waals surface area contributed by atoms with E-state index in [4.69, 9.17) is 4.74 Å². The maximum atomic E-state index is 11.7. The van der Waals surface area contributed by atoms with Gasteiger partial charge in [0.05, 0.1) is 17.6 Å². The Morgan fingerprint density at radius 3 is 2.74 bits per heavy atom. The molecule has 1 aromatic carbocycles. The monoisotopic (exact) mass is 278 g/mol. The maximum Gasteiger partial charge on any atom is 0.312 e. The topological polar surface area (TPSA) is 46.5 Å². The predicted molar refractivity (Wildman–Crippen MR) is 74.4 cm³/mol. The molecule has 1 N–H and O–H groups in total. The quantitative estimate of drug-likeness (QED) is 0.840. The number of carboxylic acid groups (broad SMARTS) is 1. The second kappa shape index (κ2) is 5.17. The molecule has 3 rings (SSSR count). The number of carbonyl (C=O) groups is 1. The van der Waals surface area contributed by atoms with E-state index in [1.165, 1.54) is 4.90 Å². The molecule has 3 atom stereocenters. The highest BCUT2D eigenvalue weighted by Gasteiger charge is 2.56. The number of fused-ring (bicyclic) bond motifs is 2. The van der Waals surface area contributed by atoms with Crippen LogP contribution in [0.4, 0.5) is 0 Å². The molecule has 2 saturated heterocycles. The summed E-state index contributed by atoms with van der Waals surface area (Å²) >= 11 is 1.73. The first-order valence-electron chi connectivity index (χ1n) is 6.77. The predicted octanol–water partition coefficient (Wildman–Crippen LogP) is 3.19. The normalized spacial score (nSPS) is 32.6. The van der Waals surface area contributed by atoms with Crippen molar-refractivity contribution in [2.45, 2.75) is 42.8 Å². The summed E-state index contributed by atoms with van der Waals surface area (Å²) in [4.78, 5) is 12.9. The van der Waals surface area contributed by atoms with Crippen molar-refractivity contribution in [3.05, 3.63) is 30.3 Å². The summed E-state index contributed by atoms with van der Waals surface area (Å²) in [5, 5.41) is 9.59. The van der Waals surface area contributed by atoms with Crippen molar-refractivity contribution in [1.29, 1.82) is 0 Å². The highest BCUT2D eigenvalue weighted by molar-refractivity contribution is 7.99. The van der Waals surface area contributed by atoms with Gasteiger partial charge in [-0.25, -0.2) is 0 Å². The lowest BCUT2D eigenvalue weighted by Gasteiger charge is -2.30. The van der Waals surface area contributed by atoms with Gasteiger partial charge in [-0.2, -0.15) is 0 Å². The Morgan fingerprint density at radius 1 is 1.37 bits per heavy atom. The van der Waals surface area contributed by atoms with Gasteiger partial charge in [0.25, 0.3) is 0 Å². The Balaban J connectivity index is 1.62. The molecule has 1 aromatic rings. The van der Waals surface area contributed by atoms with Crippen LogP contribution in [0.1, 0.15) is 25.7 Å². The third-order valence-electron chi connectivity index (χ3n) is 4.30. The molecule has 4 heteroatoms. The van der Waals surface area contributed by atoms with Crippen molar-refractivity contribution >= 4 is 17.7 Å². The molecule has 0 spiro atoms. The third kappa shape index (κ3) is 2.39.